The zero-order valence-corrected chi connectivity index (χ0v) is 12.5. The van der Waals surface area contributed by atoms with Crippen LogP contribution < -0.4 is 16.0 Å². The summed E-state index contributed by atoms with van der Waals surface area (Å²) in [5.41, 5.74) is 0. The molecule has 1 aliphatic carbocycles. The molecule has 1 unspecified atom stereocenters. The lowest BCUT2D eigenvalue weighted by Crippen LogP contribution is -2.42. The minimum atomic E-state index is 0.164. The smallest absolute Gasteiger partial charge is 0.220 e. The van der Waals surface area contributed by atoms with Crippen molar-refractivity contribution in [1.29, 1.82) is 0 Å². The van der Waals surface area contributed by atoms with E-state index in [0.717, 1.165) is 38.2 Å². The number of rotatable bonds is 8. The van der Waals surface area contributed by atoms with Crippen molar-refractivity contribution in [2.24, 2.45) is 4.99 Å². The van der Waals surface area contributed by atoms with Crippen molar-refractivity contribution in [2.45, 2.75) is 65.0 Å². The molecule has 5 heteroatoms. The Morgan fingerprint density at radius 2 is 2.11 bits per heavy atom. The van der Waals surface area contributed by atoms with Gasteiger partial charge in [0.05, 0.1) is 0 Å². The summed E-state index contributed by atoms with van der Waals surface area (Å²) in [6.45, 7) is 7.87. The molecule has 0 heterocycles. The minimum absolute atomic E-state index is 0.164. The third kappa shape index (κ3) is 7.70. The molecule has 0 aliphatic heterocycles. The quantitative estimate of drug-likeness (QED) is 0.354. The van der Waals surface area contributed by atoms with Crippen molar-refractivity contribution < 1.29 is 4.79 Å². The first-order chi connectivity index (χ1) is 9.15. The number of amides is 1. The fourth-order valence-corrected chi connectivity index (χ4v) is 1.61. The highest BCUT2D eigenvalue weighted by Crippen LogP contribution is 2.18. The van der Waals surface area contributed by atoms with E-state index in [9.17, 15) is 4.79 Å². The summed E-state index contributed by atoms with van der Waals surface area (Å²) in [6.07, 6.45) is 4.73. The Bertz CT molecular complexity index is 300. The van der Waals surface area contributed by atoms with Gasteiger partial charge in [-0.05, 0) is 39.5 Å². The van der Waals surface area contributed by atoms with Gasteiger partial charge in [0.15, 0.2) is 5.96 Å². The van der Waals surface area contributed by atoms with Crippen LogP contribution in [0.3, 0.4) is 0 Å². The van der Waals surface area contributed by atoms with Gasteiger partial charge in [-0.15, -0.1) is 0 Å². The molecule has 0 aromatic heterocycles. The number of hydrogen-bond donors (Lipinski definition) is 3. The Morgan fingerprint density at radius 1 is 1.37 bits per heavy atom. The lowest BCUT2D eigenvalue weighted by atomic mass is 10.3. The van der Waals surface area contributed by atoms with E-state index in [1.54, 1.807) is 0 Å². The Balaban J connectivity index is 2.19. The van der Waals surface area contributed by atoms with Crippen molar-refractivity contribution >= 4 is 11.9 Å². The number of carbonyl (C=O) groups is 1. The van der Waals surface area contributed by atoms with Gasteiger partial charge in [0.25, 0.3) is 0 Å². The number of hydrogen-bond acceptors (Lipinski definition) is 2. The Morgan fingerprint density at radius 3 is 2.68 bits per heavy atom. The van der Waals surface area contributed by atoms with Crippen molar-refractivity contribution in [3.8, 4) is 0 Å². The van der Waals surface area contributed by atoms with Gasteiger partial charge in [-0.3, -0.25) is 9.79 Å². The molecule has 110 valence electrons. The highest BCUT2D eigenvalue weighted by molar-refractivity contribution is 5.80. The first-order valence-electron chi connectivity index (χ1n) is 7.49. The highest BCUT2D eigenvalue weighted by Gasteiger charge is 2.22. The summed E-state index contributed by atoms with van der Waals surface area (Å²) >= 11 is 0. The summed E-state index contributed by atoms with van der Waals surface area (Å²) in [5, 5.41) is 9.54. The largest absolute Gasteiger partial charge is 0.357 e. The topological polar surface area (TPSA) is 65.5 Å². The molecule has 0 spiro atoms. The molecule has 0 bridgehead atoms. The van der Waals surface area contributed by atoms with Crippen molar-refractivity contribution in [2.75, 3.05) is 13.1 Å². The van der Waals surface area contributed by atoms with Crippen LogP contribution >= 0.6 is 0 Å². The van der Waals surface area contributed by atoms with E-state index in [0.29, 0.717) is 25.0 Å². The van der Waals surface area contributed by atoms with Gasteiger partial charge in [0.1, 0.15) is 0 Å². The lowest BCUT2D eigenvalue weighted by Gasteiger charge is -2.16. The van der Waals surface area contributed by atoms with E-state index in [-0.39, 0.29) is 5.91 Å². The molecule has 1 fully saturated rings. The second-order valence-corrected chi connectivity index (χ2v) is 5.16. The van der Waals surface area contributed by atoms with E-state index in [2.05, 4.69) is 41.7 Å². The summed E-state index contributed by atoms with van der Waals surface area (Å²) in [4.78, 5) is 16.0. The monoisotopic (exact) mass is 268 g/mol. The summed E-state index contributed by atoms with van der Waals surface area (Å²) in [7, 11) is 0. The van der Waals surface area contributed by atoms with Gasteiger partial charge in [-0.25, -0.2) is 0 Å². The van der Waals surface area contributed by atoms with Crippen LogP contribution in [0.2, 0.25) is 0 Å². The van der Waals surface area contributed by atoms with E-state index < -0.39 is 0 Å². The van der Waals surface area contributed by atoms with Crippen LogP contribution in [0, 0.1) is 0 Å². The van der Waals surface area contributed by atoms with Gasteiger partial charge in [-0.1, -0.05) is 6.92 Å². The van der Waals surface area contributed by atoms with E-state index in [1.165, 1.54) is 0 Å². The van der Waals surface area contributed by atoms with Crippen LogP contribution in [0.4, 0.5) is 0 Å². The number of nitrogens with one attached hydrogen (secondary N) is 3. The number of nitrogens with zero attached hydrogens (tertiary/aromatic N) is 1. The molecule has 0 aromatic carbocycles. The third-order valence-corrected chi connectivity index (χ3v) is 3.11. The standard InChI is InChI=1S/C14H28N4O/c1-4-11(3)17-14(15-5-2)16-10-6-7-13(19)18-12-8-9-12/h11-12H,4-10H2,1-3H3,(H,18,19)(H2,15,16,17). The van der Waals surface area contributed by atoms with E-state index in [4.69, 9.17) is 0 Å². The summed E-state index contributed by atoms with van der Waals surface area (Å²) < 4.78 is 0. The molecule has 5 nitrogen and oxygen atoms in total. The van der Waals surface area contributed by atoms with Crippen molar-refractivity contribution in [1.82, 2.24) is 16.0 Å². The number of aliphatic imine (C=N–C) groups is 1. The first kappa shape index (κ1) is 15.8. The van der Waals surface area contributed by atoms with Gasteiger partial charge in [0, 0.05) is 31.6 Å². The van der Waals surface area contributed by atoms with E-state index >= 15 is 0 Å². The average molecular weight is 268 g/mol. The van der Waals surface area contributed by atoms with Gasteiger partial charge in [-0.2, -0.15) is 0 Å². The lowest BCUT2D eigenvalue weighted by molar-refractivity contribution is -0.121. The molecule has 0 aromatic rings. The summed E-state index contributed by atoms with van der Waals surface area (Å²) in [5.74, 6) is 1.01. The summed E-state index contributed by atoms with van der Waals surface area (Å²) in [6, 6.07) is 0.872. The average Bonchev–Trinajstić information content (AvgIpc) is 3.18. The van der Waals surface area contributed by atoms with Crippen molar-refractivity contribution in [3.63, 3.8) is 0 Å². The maximum absolute atomic E-state index is 11.5. The second-order valence-electron chi connectivity index (χ2n) is 5.16. The predicted octanol–water partition coefficient (Wildman–Crippen LogP) is 1.40. The fourth-order valence-electron chi connectivity index (χ4n) is 1.61. The first-order valence-corrected chi connectivity index (χ1v) is 7.49. The molecule has 1 atom stereocenters. The van der Waals surface area contributed by atoms with Crippen LogP contribution in [-0.4, -0.2) is 37.0 Å². The zero-order chi connectivity index (χ0) is 14.1. The van der Waals surface area contributed by atoms with Crippen LogP contribution in [0.5, 0.6) is 0 Å². The van der Waals surface area contributed by atoms with Crippen molar-refractivity contribution in [3.05, 3.63) is 0 Å². The molecule has 1 amide bonds. The molecule has 3 N–H and O–H groups in total. The number of carbonyl (C=O) groups excluding carboxylic acids is 1. The molecule has 1 saturated carbocycles. The third-order valence-electron chi connectivity index (χ3n) is 3.11. The molecular weight excluding hydrogens is 240 g/mol. The molecule has 1 aliphatic rings. The minimum Gasteiger partial charge on any atom is -0.357 e. The highest BCUT2D eigenvalue weighted by atomic mass is 16.1. The maximum Gasteiger partial charge on any atom is 0.220 e. The molecule has 0 saturated heterocycles. The van der Waals surface area contributed by atoms with Gasteiger partial charge in [0.2, 0.25) is 5.91 Å². The van der Waals surface area contributed by atoms with Crippen LogP contribution in [-0.2, 0) is 4.79 Å². The Hall–Kier alpha value is -1.26. The zero-order valence-electron chi connectivity index (χ0n) is 12.5. The van der Waals surface area contributed by atoms with Crippen LogP contribution in [0.25, 0.3) is 0 Å². The Labute approximate surface area is 116 Å². The molecule has 19 heavy (non-hydrogen) atoms. The fraction of sp³-hybridized carbons (Fsp3) is 0.857. The van der Waals surface area contributed by atoms with Crippen LogP contribution in [0.15, 0.2) is 4.99 Å². The molecular formula is C14H28N4O. The normalized spacial score (nSPS) is 16.9. The van der Waals surface area contributed by atoms with Crippen LogP contribution in [0.1, 0.15) is 52.9 Å². The Kier molecular flexibility index (Phi) is 7.30. The number of guanidine groups is 1. The van der Waals surface area contributed by atoms with Gasteiger partial charge >= 0.3 is 0 Å². The SMILES string of the molecule is CCNC(=NCCCC(=O)NC1CC1)NC(C)CC. The maximum atomic E-state index is 11.5. The van der Waals surface area contributed by atoms with E-state index in [1.807, 2.05) is 0 Å². The predicted molar refractivity (Wildman–Crippen MR) is 79.3 cm³/mol. The molecule has 1 rings (SSSR count). The second kappa shape index (κ2) is 8.77. The molecule has 0 radical (unpaired) electrons. The van der Waals surface area contributed by atoms with Gasteiger partial charge < -0.3 is 16.0 Å².